The summed E-state index contributed by atoms with van der Waals surface area (Å²) < 4.78 is 0. The van der Waals surface area contributed by atoms with E-state index >= 15 is 0 Å². The van der Waals surface area contributed by atoms with Gasteiger partial charge in [0.15, 0.2) is 5.16 Å². The van der Waals surface area contributed by atoms with Crippen LogP contribution in [0, 0.1) is 11.3 Å². The molecule has 0 unspecified atom stereocenters. The van der Waals surface area contributed by atoms with Gasteiger partial charge in [-0.15, -0.1) is 0 Å². The third-order valence-corrected chi connectivity index (χ3v) is 4.79. The second-order valence-corrected chi connectivity index (χ2v) is 6.40. The Kier molecular flexibility index (Phi) is 3.75. The molecule has 120 valence electrons. The fraction of sp³-hybridized carbons (Fsp3) is 0.0500. The van der Waals surface area contributed by atoms with E-state index in [0.29, 0.717) is 10.9 Å². The maximum absolute atomic E-state index is 12.4. The number of nitrogens with zero attached hydrogens (tertiary/aromatic N) is 2. The average Bonchev–Trinajstić information content (AvgIpc) is 2.65. The first-order valence-corrected chi connectivity index (χ1v) is 8.94. The highest BCUT2D eigenvalue weighted by Crippen LogP contribution is 2.36. The van der Waals surface area contributed by atoms with Crippen molar-refractivity contribution in [3.8, 4) is 17.3 Å². The van der Waals surface area contributed by atoms with Crippen molar-refractivity contribution in [2.24, 2.45) is 0 Å². The molecule has 0 saturated carbocycles. The van der Waals surface area contributed by atoms with Crippen molar-refractivity contribution in [1.82, 2.24) is 9.97 Å². The van der Waals surface area contributed by atoms with Crippen LogP contribution >= 0.6 is 11.8 Å². The Morgan fingerprint density at radius 2 is 1.64 bits per heavy atom. The van der Waals surface area contributed by atoms with Crippen LogP contribution in [0.3, 0.4) is 0 Å². The Morgan fingerprint density at radius 1 is 1.04 bits per heavy atom. The smallest absolute Gasteiger partial charge is 0.270 e. The molecule has 0 aliphatic rings. The molecule has 25 heavy (non-hydrogen) atoms. The van der Waals surface area contributed by atoms with Gasteiger partial charge in [0.2, 0.25) is 0 Å². The first kappa shape index (κ1) is 15.4. The molecule has 1 aromatic heterocycles. The molecule has 0 fully saturated rings. The Hall–Kier alpha value is -3.10. The minimum Gasteiger partial charge on any atom is -0.300 e. The molecule has 1 N–H and O–H groups in total. The summed E-state index contributed by atoms with van der Waals surface area (Å²) in [5, 5.41) is 14.1. The summed E-state index contributed by atoms with van der Waals surface area (Å²) in [6.07, 6.45) is 1.84. The van der Waals surface area contributed by atoms with Crippen molar-refractivity contribution >= 4 is 33.3 Å². The van der Waals surface area contributed by atoms with Crippen molar-refractivity contribution in [2.75, 3.05) is 6.26 Å². The fourth-order valence-corrected chi connectivity index (χ4v) is 3.48. The molecule has 0 amide bonds. The molecular weight excluding hydrogens is 330 g/mol. The second kappa shape index (κ2) is 6.08. The summed E-state index contributed by atoms with van der Waals surface area (Å²) in [4.78, 5) is 19.6. The summed E-state index contributed by atoms with van der Waals surface area (Å²) in [5.41, 5.74) is 0.892. The molecule has 0 aliphatic carbocycles. The number of H-pyrrole nitrogens is 1. The zero-order chi connectivity index (χ0) is 17.4. The largest absolute Gasteiger partial charge is 0.300 e. The lowest BCUT2D eigenvalue weighted by Crippen LogP contribution is -2.14. The van der Waals surface area contributed by atoms with Crippen molar-refractivity contribution in [3.63, 3.8) is 0 Å². The van der Waals surface area contributed by atoms with Gasteiger partial charge in [-0.2, -0.15) is 5.26 Å². The van der Waals surface area contributed by atoms with Gasteiger partial charge in [0.1, 0.15) is 11.6 Å². The maximum atomic E-state index is 12.4. The number of hydrogen-bond donors (Lipinski definition) is 1. The van der Waals surface area contributed by atoms with Crippen molar-refractivity contribution in [1.29, 1.82) is 5.26 Å². The molecule has 4 aromatic rings. The lowest BCUT2D eigenvalue weighted by Gasteiger charge is -2.12. The van der Waals surface area contributed by atoms with Crippen LogP contribution in [0.1, 0.15) is 5.56 Å². The standard InChI is InChI=1S/C20H13N3OS/c1-25-20-22-18(16(11-21)19(24)23-20)17-14-8-4-2-6-12(14)10-13-7-3-5-9-15(13)17/h2-10H,1H3,(H,22,23,24). The van der Waals surface area contributed by atoms with Crippen molar-refractivity contribution < 1.29 is 0 Å². The molecule has 3 aromatic carbocycles. The lowest BCUT2D eigenvalue weighted by molar-refractivity contribution is 0.939. The number of aromatic amines is 1. The first-order chi connectivity index (χ1) is 12.2. The molecule has 0 saturated heterocycles. The van der Waals surface area contributed by atoms with E-state index in [2.05, 4.69) is 16.0 Å². The second-order valence-electron chi connectivity index (χ2n) is 5.60. The molecule has 0 spiro atoms. The van der Waals surface area contributed by atoms with Gasteiger partial charge < -0.3 is 4.98 Å². The fourth-order valence-electron chi connectivity index (χ4n) is 3.10. The molecule has 0 atom stereocenters. The normalized spacial score (nSPS) is 10.9. The van der Waals surface area contributed by atoms with Crippen LogP contribution in [0.4, 0.5) is 0 Å². The van der Waals surface area contributed by atoms with Crippen LogP contribution in [0.2, 0.25) is 0 Å². The van der Waals surface area contributed by atoms with Crippen molar-refractivity contribution in [2.45, 2.75) is 5.16 Å². The van der Waals surface area contributed by atoms with Gasteiger partial charge in [-0.05, 0) is 33.9 Å². The molecule has 0 bridgehead atoms. The third-order valence-electron chi connectivity index (χ3n) is 4.21. The van der Waals surface area contributed by atoms with E-state index in [-0.39, 0.29) is 5.56 Å². The molecule has 1 heterocycles. The van der Waals surface area contributed by atoms with Crippen molar-refractivity contribution in [3.05, 3.63) is 70.5 Å². The monoisotopic (exact) mass is 343 g/mol. The highest BCUT2D eigenvalue weighted by atomic mass is 32.2. The van der Waals surface area contributed by atoms with Gasteiger partial charge in [-0.1, -0.05) is 60.3 Å². The van der Waals surface area contributed by atoms with Gasteiger partial charge >= 0.3 is 0 Å². The number of nitrogens with one attached hydrogen (secondary N) is 1. The van der Waals surface area contributed by atoms with E-state index in [4.69, 9.17) is 0 Å². The van der Waals surface area contributed by atoms with Crippen LogP contribution in [-0.4, -0.2) is 16.2 Å². The average molecular weight is 343 g/mol. The summed E-state index contributed by atoms with van der Waals surface area (Å²) >= 11 is 1.35. The van der Waals surface area contributed by atoms with Crippen LogP contribution in [0.25, 0.3) is 32.8 Å². The number of nitriles is 1. The van der Waals surface area contributed by atoms with E-state index in [1.165, 1.54) is 11.8 Å². The van der Waals surface area contributed by atoms with Crippen LogP contribution in [0.15, 0.2) is 64.5 Å². The molecule has 0 aliphatic heterocycles. The van der Waals surface area contributed by atoms with E-state index in [9.17, 15) is 10.1 Å². The Labute approximate surface area is 148 Å². The summed E-state index contributed by atoms with van der Waals surface area (Å²) in [5.74, 6) is 0. The quantitative estimate of drug-likeness (QED) is 0.334. The van der Waals surface area contributed by atoms with Crippen LogP contribution in [-0.2, 0) is 0 Å². The van der Waals surface area contributed by atoms with Crippen LogP contribution < -0.4 is 5.56 Å². The zero-order valence-corrected chi connectivity index (χ0v) is 14.2. The maximum Gasteiger partial charge on any atom is 0.270 e. The molecule has 4 nitrogen and oxygen atoms in total. The van der Waals surface area contributed by atoms with Gasteiger partial charge in [0, 0.05) is 5.56 Å². The van der Waals surface area contributed by atoms with E-state index in [1.54, 1.807) is 0 Å². The van der Waals surface area contributed by atoms with Gasteiger partial charge in [0.05, 0.1) is 5.69 Å². The first-order valence-electron chi connectivity index (χ1n) is 7.72. The molecule has 5 heteroatoms. The molecular formula is C20H13N3OS. The third kappa shape index (κ3) is 2.48. The molecule has 0 radical (unpaired) electrons. The number of thioether (sulfide) groups is 1. The van der Waals surface area contributed by atoms with Gasteiger partial charge in [0.25, 0.3) is 5.56 Å². The molecule has 4 rings (SSSR count). The summed E-state index contributed by atoms with van der Waals surface area (Å²) in [6, 6.07) is 20.1. The predicted molar refractivity (Wildman–Crippen MR) is 102 cm³/mol. The minimum absolute atomic E-state index is 0.0410. The zero-order valence-electron chi connectivity index (χ0n) is 13.4. The number of hydrogen-bond acceptors (Lipinski definition) is 4. The number of rotatable bonds is 2. The Bertz CT molecular complexity index is 1170. The lowest BCUT2D eigenvalue weighted by atomic mass is 9.93. The SMILES string of the molecule is CSc1nc(-c2c3ccccc3cc3ccccc23)c(C#N)c(=O)[nH]1. The Balaban J connectivity index is 2.26. The topological polar surface area (TPSA) is 69.5 Å². The summed E-state index contributed by atoms with van der Waals surface area (Å²) in [6.45, 7) is 0. The predicted octanol–water partition coefficient (Wildman–Crippen LogP) is 4.34. The highest BCUT2D eigenvalue weighted by Gasteiger charge is 2.18. The number of benzene rings is 3. The van der Waals surface area contributed by atoms with Gasteiger partial charge in [-0.3, -0.25) is 4.79 Å². The minimum atomic E-state index is -0.408. The van der Waals surface area contributed by atoms with Gasteiger partial charge in [-0.25, -0.2) is 4.98 Å². The van der Waals surface area contributed by atoms with E-state index in [1.807, 2.05) is 60.9 Å². The summed E-state index contributed by atoms with van der Waals surface area (Å²) in [7, 11) is 0. The van der Waals surface area contributed by atoms with Crippen LogP contribution in [0.5, 0.6) is 0 Å². The number of aromatic nitrogens is 2. The van der Waals surface area contributed by atoms with E-state index in [0.717, 1.165) is 27.1 Å². The Morgan fingerprint density at radius 3 is 2.20 bits per heavy atom. The van der Waals surface area contributed by atoms with E-state index < -0.39 is 5.56 Å². The highest BCUT2D eigenvalue weighted by molar-refractivity contribution is 7.98. The number of fused-ring (bicyclic) bond motifs is 2.